The molecule has 0 saturated carbocycles. The summed E-state index contributed by atoms with van der Waals surface area (Å²) >= 11 is 0. The van der Waals surface area contributed by atoms with E-state index in [4.69, 9.17) is 9.47 Å². The molecule has 1 aliphatic rings. The zero-order valence-corrected chi connectivity index (χ0v) is 12.8. The summed E-state index contributed by atoms with van der Waals surface area (Å²) in [6, 6.07) is 9.87. The number of piperidine rings is 1. The predicted octanol–water partition coefficient (Wildman–Crippen LogP) is 2.73. The van der Waals surface area contributed by atoms with E-state index in [1.54, 1.807) is 0 Å². The molecule has 1 aromatic rings. The fraction of sp³-hybridized carbons (Fsp3) is 0.588. The van der Waals surface area contributed by atoms with Gasteiger partial charge in [0.25, 0.3) is 0 Å². The van der Waals surface area contributed by atoms with Crippen LogP contribution in [0.2, 0.25) is 0 Å². The third kappa shape index (κ3) is 5.38. The summed E-state index contributed by atoms with van der Waals surface area (Å²) in [6.45, 7) is 5.92. The van der Waals surface area contributed by atoms with E-state index < -0.39 is 0 Å². The van der Waals surface area contributed by atoms with Gasteiger partial charge in [-0.3, -0.25) is 4.79 Å². The number of para-hydroxylation sites is 1. The fourth-order valence-electron chi connectivity index (χ4n) is 2.71. The lowest BCUT2D eigenvalue weighted by atomic mass is 9.98. The van der Waals surface area contributed by atoms with Gasteiger partial charge in [-0.15, -0.1) is 0 Å². The minimum atomic E-state index is -0.0391. The van der Waals surface area contributed by atoms with Gasteiger partial charge in [0.15, 0.2) is 0 Å². The highest BCUT2D eigenvalue weighted by molar-refractivity contribution is 5.72. The largest absolute Gasteiger partial charge is 0.494 e. The monoisotopic (exact) mass is 291 g/mol. The van der Waals surface area contributed by atoms with Gasteiger partial charge < -0.3 is 14.4 Å². The zero-order valence-electron chi connectivity index (χ0n) is 12.8. The molecule has 0 aliphatic carbocycles. The molecule has 0 bridgehead atoms. The normalized spacial score (nSPS) is 19.2. The molecule has 1 aliphatic heterocycles. The van der Waals surface area contributed by atoms with Gasteiger partial charge in [0.2, 0.25) is 0 Å². The Morgan fingerprint density at radius 3 is 2.90 bits per heavy atom. The number of likely N-dealkylation sites (tertiary alicyclic amines) is 1. The van der Waals surface area contributed by atoms with Crippen LogP contribution in [0.4, 0.5) is 0 Å². The summed E-state index contributed by atoms with van der Waals surface area (Å²) in [5.41, 5.74) is 0. The Hall–Kier alpha value is -1.55. The van der Waals surface area contributed by atoms with E-state index in [1.165, 1.54) is 0 Å². The van der Waals surface area contributed by atoms with Crippen molar-refractivity contribution in [2.45, 2.75) is 26.2 Å². The maximum absolute atomic E-state index is 11.8. The molecule has 0 aromatic heterocycles. The first-order valence-electron chi connectivity index (χ1n) is 7.86. The predicted molar refractivity (Wildman–Crippen MR) is 82.4 cm³/mol. The molecular formula is C17H25NO3. The Morgan fingerprint density at radius 2 is 2.14 bits per heavy atom. The van der Waals surface area contributed by atoms with E-state index in [-0.39, 0.29) is 11.9 Å². The average molecular weight is 291 g/mol. The molecule has 1 heterocycles. The number of rotatable bonds is 7. The third-order valence-corrected chi connectivity index (χ3v) is 3.76. The lowest BCUT2D eigenvalue weighted by molar-refractivity contribution is -0.149. The van der Waals surface area contributed by atoms with Crippen LogP contribution in [0.3, 0.4) is 0 Å². The summed E-state index contributed by atoms with van der Waals surface area (Å²) in [4.78, 5) is 14.1. The second kappa shape index (κ2) is 8.67. The standard InChI is InChI=1S/C17H25NO3/c1-2-20-17(19)15-8-6-11-18(14-15)12-7-13-21-16-9-4-3-5-10-16/h3-5,9-10,15H,2,6-8,11-14H2,1H3. The zero-order chi connectivity index (χ0) is 14.9. The molecule has 2 rings (SSSR count). The van der Waals surface area contributed by atoms with Crippen LogP contribution in [0.1, 0.15) is 26.2 Å². The van der Waals surface area contributed by atoms with Crippen LogP contribution in [-0.4, -0.2) is 43.7 Å². The van der Waals surface area contributed by atoms with Gasteiger partial charge in [0.05, 0.1) is 19.1 Å². The van der Waals surface area contributed by atoms with E-state index in [0.717, 1.165) is 44.6 Å². The Balaban J connectivity index is 1.65. The molecule has 1 fully saturated rings. The first kappa shape index (κ1) is 15.8. The third-order valence-electron chi connectivity index (χ3n) is 3.76. The van der Waals surface area contributed by atoms with Gasteiger partial charge in [-0.1, -0.05) is 18.2 Å². The molecule has 1 unspecified atom stereocenters. The Labute approximate surface area is 127 Å². The Bertz CT molecular complexity index is 421. The second-order valence-electron chi connectivity index (χ2n) is 5.41. The van der Waals surface area contributed by atoms with Crippen molar-refractivity contribution in [3.8, 4) is 5.75 Å². The molecule has 0 amide bonds. The maximum atomic E-state index is 11.8. The molecular weight excluding hydrogens is 266 g/mol. The first-order chi connectivity index (χ1) is 10.3. The molecule has 0 N–H and O–H groups in total. The highest BCUT2D eigenvalue weighted by Crippen LogP contribution is 2.18. The van der Waals surface area contributed by atoms with Crippen LogP contribution in [0.5, 0.6) is 5.75 Å². The average Bonchev–Trinajstić information content (AvgIpc) is 2.53. The maximum Gasteiger partial charge on any atom is 0.310 e. The molecule has 4 nitrogen and oxygen atoms in total. The summed E-state index contributed by atoms with van der Waals surface area (Å²) < 4.78 is 10.8. The number of hydrogen-bond donors (Lipinski definition) is 0. The summed E-state index contributed by atoms with van der Waals surface area (Å²) in [7, 11) is 0. The summed E-state index contributed by atoms with van der Waals surface area (Å²) in [6.07, 6.45) is 3.00. The van der Waals surface area contributed by atoms with Crippen molar-refractivity contribution in [2.75, 3.05) is 32.8 Å². The lowest BCUT2D eigenvalue weighted by Gasteiger charge is -2.31. The van der Waals surface area contributed by atoms with Gasteiger partial charge in [-0.25, -0.2) is 0 Å². The summed E-state index contributed by atoms with van der Waals surface area (Å²) in [5.74, 6) is 0.928. The number of esters is 1. The highest BCUT2D eigenvalue weighted by atomic mass is 16.5. The van der Waals surface area contributed by atoms with E-state index in [0.29, 0.717) is 13.2 Å². The van der Waals surface area contributed by atoms with Crippen molar-refractivity contribution in [3.05, 3.63) is 30.3 Å². The number of carbonyl (C=O) groups excluding carboxylic acids is 1. The number of carbonyl (C=O) groups is 1. The number of nitrogens with zero attached hydrogens (tertiary/aromatic N) is 1. The van der Waals surface area contributed by atoms with Gasteiger partial charge >= 0.3 is 5.97 Å². The Kier molecular flexibility index (Phi) is 6.54. The SMILES string of the molecule is CCOC(=O)C1CCCN(CCCOc2ccccc2)C1. The van der Waals surface area contributed by atoms with E-state index in [2.05, 4.69) is 4.90 Å². The Morgan fingerprint density at radius 1 is 1.33 bits per heavy atom. The van der Waals surface area contributed by atoms with Crippen molar-refractivity contribution in [3.63, 3.8) is 0 Å². The summed E-state index contributed by atoms with van der Waals surface area (Å²) in [5, 5.41) is 0. The number of ether oxygens (including phenoxy) is 2. The molecule has 21 heavy (non-hydrogen) atoms. The van der Waals surface area contributed by atoms with Crippen LogP contribution in [0, 0.1) is 5.92 Å². The molecule has 1 saturated heterocycles. The topological polar surface area (TPSA) is 38.8 Å². The molecule has 1 aromatic carbocycles. The molecule has 4 heteroatoms. The fourth-order valence-corrected chi connectivity index (χ4v) is 2.71. The van der Waals surface area contributed by atoms with Crippen LogP contribution in [0.15, 0.2) is 30.3 Å². The van der Waals surface area contributed by atoms with Gasteiger partial charge in [0, 0.05) is 13.1 Å². The van der Waals surface area contributed by atoms with Gasteiger partial charge in [-0.2, -0.15) is 0 Å². The van der Waals surface area contributed by atoms with Crippen LogP contribution >= 0.6 is 0 Å². The van der Waals surface area contributed by atoms with E-state index in [1.807, 2.05) is 37.3 Å². The van der Waals surface area contributed by atoms with Crippen molar-refractivity contribution in [2.24, 2.45) is 5.92 Å². The van der Waals surface area contributed by atoms with Gasteiger partial charge in [-0.05, 0) is 44.9 Å². The molecule has 0 spiro atoms. The van der Waals surface area contributed by atoms with Crippen molar-refractivity contribution in [1.82, 2.24) is 4.90 Å². The van der Waals surface area contributed by atoms with Crippen LogP contribution in [0.25, 0.3) is 0 Å². The first-order valence-corrected chi connectivity index (χ1v) is 7.86. The van der Waals surface area contributed by atoms with Gasteiger partial charge in [0.1, 0.15) is 5.75 Å². The minimum absolute atomic E-state index is 0.0391. The lowest BCUT2D eigenvalue weighted by Crippen LogP contribution is -2.40. The van der Waals surface area contributed by atoms with Crippen molar-refractivity contribution < 1.29 is 14.3 Å². The molecule has 116 valence electrons. The van der Waals surface area contributed by atoms with E-state index in [9.17, 15) is 4.79 Å². The number of hydrogen-bond acceptors (Lipinski definition) is 4. The van der Waals surface area contributed by atoms with Crippen LogP contribution < -0.4 is 4.74 Å². The van der Waals surface area contributed by atoms with Crippen LogP contribution in [-0.2, 0) is 9.53 Å². The van der Waals surface area contributed by atoms with Crippen molar-refractivity contribution >= 4 is 5.97 Å². The number of benzene rings is 1. The molecule has 1 atom stereocenters. The smallest absolute Gasteiger partial charge is 0.310 e. The quantitative estimate of drug-likeness (QED) is 0.572. The minimum Gasteiger partial charge on any atom is -0.494 e. The molecule has 0 radical (unpaired) electrons. The second-order valence-corrected chi connectivity index (χ2v) is 5.41. The highest BCUT2D eigenvalue weighted by Gasteiger charge is 2.26. The van der Waals surface area contributed by atoms with E-state index >= 15 is 0 Å². The van der Waals surface area contributed by atoms with Crippen molar-refractivity contribution in [1.29, 1.82) is 0 Å².